The van der Waals surface area contributed by atoms with Gasteiger partial charge in [0.25, 0.3) is 0 Å². The van der Waals surface area contributed by atoms with E-state index in [1.165, 1.54) is 0 Å². The third-order valence-electron chi connectivity index (χ3n) is 4.14. The summed E-state index contributed by atoms with van der Waals surface area (Å²) in [6, 6.07) is 5.69. The molecule has 0 radical (unpaired) electrons. The van der Waals surface area contributed by atoms with Crippen LogP contribution in [0, 0.1) is 5.41 Å². The maximum atomic E-state index is 11.2. The zero-order valence-electron chi connectivity index (χ0n) is 15.1. The van der Waals surface area contributed by atoms with E-state index in [-0.39, 0.29) is 6.42 Å². The van der Waals surface area contributed by atoms with Crippen molar-refractivity contribution in [2.75, 3.05) is 27.4 Å². The summed E-state index contributed by atoms with van der Waals surface area (Å²) < 4.78 is 16.1. The van der Waals surface area contributed by atoms with E-state index in [1.807, 2.05) is 32.0 Å². The maximum Gasteiger partial charge on any atom is 0.304 e. The summed E-state index contributed by atoms with van der Waals surface area (Å²) >= 11 is 0. The minimum atomic E-state index is -0.829. The van der Waals surface area contributed by atoms with E-state index in [4.69, 9.17) is 14.2 Å². The van der Waals surface area contributed by atoms with E-state index < -0.39 is 11.4 Å². The zero-order chi connectivity index (χ0) is 18.2. The van der Waals surface area contributed by atoms with Crippen molar-refractivity contribution in [1.82, 2.24) is 0 Å². The predicted octanol–water partition coefficient (Wildman–Crippen LogP) is 3.71. The van der Waals surface area contributed by atoms with Crippen LogP contribution >= 0.6 is 0 Å². The van der Waals surface area contributed by atoms with Gasteiger partial charge < -0.3 is 19.3 Å². The minimum Gasteiger partial charge on any atom is -0.493 e. The molecule has 0 spiro atoms. The number of hydrogen-bond acceptors (Lipinski definition) is 4. The first-order chi connectivity index (χ1) is 11.3. The average molecular weight is 336 g/mol. The van der Waals surface area contributed by atoms with Crippen LogP contribution in [0.4, 0.5) is 0 Å². The van der Waals surface area contributed by atoms with Gasteiger partial charge in [0.1, 0.15) is 0 Å². The molecule has 0 bridgehead atoms. The number of ether oxygens (including phenoxy) is 3. The molecule has 0 saturated heterocycles. The Balaban J connectivity index is 2.94. The fraction of sp³-hybridized carbons (Fsp3) is 0.526. The molecule has 0 heterocycles. The van der Waals surface area contributed by atoms with Gasteiger partial charge in [-0.1, -0.05) is 25.1 Å². The second-order valence-corrected chi connectivity index (χ2v) is 6.27. The molecule has 1 aromatic carbocycles. The molecule has 1 unspecified atom stereocenters. The summed E-state index contributed by atoms with van der Waals surface area (Å²) in [4.78, 5) is 11.2. The van der Waals surface area contributed by atoms with Crippen LogP contribution in [0.5, 0.6) is 11.5 Å². The highest BCUT2D eigenvalue weighted by atomic mass is 16.5. The van der Waals surface area contributed by atoms with Crippen LogP contribution in [0.15, 0.2) is 30.4 Å². The number of hydrogen-bond donors (Lipinski definition) is 1. The van der Waals surface area contributed by atoms with E-state index >= 15 is 0 Å². The van der Waals surface area contributed by atoms with E-state index in [9.17, 15) is 9.90 Å². The fourth-order valence-corrected chi connectivity index (χ4v) is 2.48. The normalized spacial score (nSPS) is 13.2. The van der Waals surface area contributed by atoms with Gasteiger partial charge in [-0.3, -0.25) is 4.79 Å². The minimum absolute atomic E-state index is 0.0401. The molecule has 1 atom stereocenters. The molecule has 134 valence electrons. The second-order valence-electron chi connectivity index (χ2n) is 6.27. The fourth-order valence-electron chi connectivity index (χ4n) is 2.48. The third-order valence-corrected chi connectivity index (χ3v) is 4.14. The van der Waals surface area contributed by atoms with Crippen molar-refractivity contribution in [3.05, 3.63) is 35.9 Å². The van der Waals surface area contributed by atoms with Gasteiger partial charge in [0.05, 0.1) is 20.1 Å². The van der Waals surface area contributed by atoms with Crippen molar-refractivity contribution in [1.29, 1.82) is 0 Å². The Bertz CT molecular complexity index is 567. The van der Waals surface area contributed by atoms with Gasteiger partial charge in [0, 0.05) is 25.6 Å². The molecular weight excluding hydrogens is 308 g/mol. The van der Waals surface area contributed by atoms with Crippen LogP contribution in [0.25, 0.3) is 0 Å². The summed E-state index contributed by atoms with van der Waals surface area (Å²) in [5.74, 6) is 0.488. The summed E-state index contributed by atoms with van der Waals surface area (Å²) in [7, 11) is 3.25. The lowest BCUT2D eigenvalue weighted by Crippen LogP contribution is -2.24. The monoisotopic (exact) mass is 336 g/mol. The summed E-state index contributed by atoms with van der Waals surface area (Å²) in [5.41, 5.74) is 1.33. The molecule has 0 amide bonds. The molecule has 0 aromatic heterocycles. The lowest BCUT2D eigenvalue weighted by molar-refractivity contribution is -0.139. The van der Waals surface area contributed by atoms with Crippen LogP contribution in [0.1, 0.15) is 32.3 Å². The van der Waals surface area contributed by atoms with Crippen molar-refractivity contribution in [2.24, 2.45) is 5.41 Å². The van der Waals surface area contributed by atoms with Crippen LogP contribution in [-0.4, -0.2) is 38.5 Å². The number of carboxylic acids is 1. The number of aliphatic carboxylic acids is 1. The van der Waals surface area contributed by atoms with E-state index in [1.54, 1.807) is 14.2 Å². The number of methoxy groups -OCH3 is 2. The molecule has 0 fully saturated rings. The molecule has 5 nitrogen and oxygen atoms in total. The van der Waals surface area contributed by atoms with E-state index in [0.29, 0.717) is 31.1 Å². The lowest BCUT2D eigenvalue weighted by Gasteiger charge is -2.29. The van der Waals surface area contributed by atoms with Gasteiger partial charge >= 0.3 is 5.97 Å². The first-order valence-electron chi connectivity index (χ1n) is 7.99. The third kappa shape index (κ3) is 5.89. The highest BCUT2D eigenvalue weighted by Crippen LogP contribution is 2.36. The molecule has 1 aromatic rings. The number of allylic oxidation sites excluding steroid dienone is 1. The molecule has 1 N–H and O–H groups in total. The lowest BCUT2D eigenvalue weighted by atomic mass is 9.75. The van der Waals surface area contributed by atoms with E-state index in [0.717, 1.165) is 17.6 Å². The van der Waals surface area contributed by atoms with Gasteiger partial charge in [-0.2, -0.15) is 0 Å². The Morgan fingerprint density at radius 2 is 1.96 bits per heavy atom. The first-order valence-corrected chi connectivity index (χ1v) is 7.99. The second kappa shape index (κ2) is 9.33. The SMILES string of the molecule is C=C(C)C(C)(CC(=O)O)Cc1ccc(OC)c(OCCCOC)c1. The van der Waals surface area contributed by atoms with Crippen LogP contribution in [0.3, 0.4) is 0 Å². The Kier molecular flexibility index (Phi) is 7.79. The van der Waals surface area contributed by atoms with Crippen LogP contribution in [-0.2, 0) is 16.0 Å². The number of benzene rings is 1. The van der Waals surface area contributed by atoms with Crippen LogP contribution in [0.2, 0.25) is 0 Å². The summed E-state index contributed by atoms with van der Waals surface area (Å²) in [5, 5.41) is 9.18. The van der Waals surface area contributed by atoms with Gasteiger partial charge in [-0.15, -0.1) is 0 Å². The van der Waals surface area contributed by atoms with E-state index in [2.05, 4.69) is 6.58 Å². The van der Waals surface area contributed by atoms with Gasteiger partial charge in [0.15, 0.2) is 11.5 Å². The van der Waals surface area contributed by atoms with Crippen molar-refractivity contribution < 1.29 is 24.1 Å². The quantitative estimate of drug-likeness (QED) is 0.493. The number of carboxylic acid groups (broad SMARTS) is 1. The Morgan fingerprint density at radius 3 is 2.50 bits per heavy atom. The smallest absolute Gasteiger partial charge is 0.304 e. The molecule has 0 aliphatic heterocycles. The number of rotatable bonds is 11. The van der Waals surface area contributed by atoms with Gasteiger partial charge in [-0.05, 0) is 31.0 Å². The average Bonchev–Trinajstić information content (AvgIpc) is 2.51. The molecule has 0 aliphatic carbocycles. The molecule has 24 heavy (non-hydrogen) atoms. The first kappa shape index (κ1) is 20.0. The molecule has 5 heteroatoms. The van der Waals surface area contributed by atoms with Crippen molar-refractivity contribution in [2.45, 2.75) is 33.1 Å². The highest BCUT2D eigenvalue weighted by molar-refractivity contribution is 5.68. The Morgan fingerprint density at radius 1 is 1.25 bits per heavy atom. The summed E-state index contributed by atoms with van der Waals surface area (Å²) in [6.45, 7) is 8.92. The predicted molar refractivity (Wildman–Crippen MR) is 93.9 cm³/mol. The largest absolute Gasteiger partial charge is 0.493 e. The van der Waals surface area contributed by atoms with Gasteiger partial charge in [0.2, 0.25) is 0 Å². The van der Waals surface area contributed by atoms with Crippen LogP contribution < -0.4 is 9.47 Å². The molecule has 0 saturated carbocycles. The highest BCUT2D eigenvalue weighted by Gasteiger charge is 2.29. The molecular formula is C19H28O5. The zero-order valence-corrected chi connectivity index (χ0v) is 15.1. The standard InChI is InChI=1S/C19H28O5/c1-14(2)19(3,13-18(20)21)12-15-7-8-16(23-5)17(11-15)24-10-6-9-22-4/h7-8,11H,1,6,9-10,12-13H2,2-5H3,(H,20,21). The van der Waals surface area contributed by atoms with Crippen molar-refractivity contribution in [3.8, 4) is 11.5 Å². The summed E-state index contributed by atoms with van der Waals surface area (Å²) in [6.07, 6.45) is 1.40. The number of carbonyl (C=O) groups is 1. The van der Waals surface area contributed by atoms with Crippen molar-refractivity contribution >= 4 is 5.97 Å². The Hall–Kier alpha value is -2.01. The maximum absolute atomic E-state index is 11.2. The Labute approximate surface area is 144 Å². The topological polar surface area (TPSA) is 65.0 Å². The molecule has 0 aliphatic rings. The van der Waals surface area contributed by atoms with Crippen molar-refractivity contribution in [3.63, 3.8) is 0 Å². The van der Waals surface area contributed by atoms with Gasteiger partial charge in [-0.25, -0.2) is 0 Å². The molecule has 1 rings (SSSR count).